The highest BCUT2D eigenvalue weighted by molar-refractivity contribution is 6.12. The molecule has 1 heterocycles. The first-order chi connectivity index (χ1) is 9.20. The third-order valence-electron chi connectivity index (χ3n) is 2.95. The number of esters is 1. The van der Waals surface area contributed by atoms with Crippen LogP contribution >= 0.6 is 0 Å². The van der Waals surface area contributed by atoms with Crippen LogP contribution in [0.3, 0.4) is 0 Å². The van der Waals surface area contributed by atoms with Crippen LogP contribution in [0.5, 0.6) is 0 Å². The van der Waals surface area contributed by atoms with Gasteiger partial charge in [-0.2, -0.15) is 0 Å². The van der Waals surface area contributed by atoms with E-state index in [2.05, 4.69) is 0 Å². The van der Waals surface area contributed by atoms with Crippen LogP contribution in [0.4, 0.5) is 5.69 Å². The molecule has 5 nitrogen and oxygen atoms in total. The summed E-state index contributed by atoms with van der Waals surface area (Å²) in [4.78, 5) is 25.4. The summed E-state index contributed by atoms with van der Waals surface area (Å²) in [5, 5.41) is 0. The Hall–Kier alpha value is -1.88. The molecule has 0 spiro atoms. The van der Waals surface area contributed by atoms with E-state index in [1.807, 2.05) is 18.2 Å². The van der Waals surface area contributed by atoms with Crippen molar-refractivity contribution in [1.82, 2.24) is 0 Å². The first kappa shape index (κ1) is 13.5. The van der Waals surface area contributed by atoms with E-state index in [-0.39, 0.29) is 12.5 Å². The van der Waals surface area contributed by atoms with Gasteiger partial charge < -0.3 is 9.47 Å². The number of ether oxygens (including phenoxy) is 2. The Labute approximate surface area is 112 Å². The van der Waals surface area contributed by atoms with Crippen molar-refractivity contribution < 1.29 is 19.1 Å². The average Bonchev–Trinajstić information content (AvgIpc) is 2.42. The second-order valence-electron chi connectivity index (χ2n) is 4.12. The van der Waals surface area contributed by atoms with Crippen molar-refractivity contribution in [2.75, 3.05) is 18.1 Å². The van der Waals surface area contributed by atoms with Gasteiger partial charge in [0.1, 0.15) is 0 Å². The number of carbonyl (C=O) groups is 2. The highest BCUT2D eigenvalue weighted by atomic mass is 16.5. The molecule has 1 aromatic rings. The largest absolute Gasteiger partial charge is 0.464 e. The van der Waals surface area contributed by atoms with E-state index >= 15 is 0 Å². The molecule has 0 aliphatic carbocycles. The molecule has 2 unspecified atom stereocenters. The Balaban J connectivity index is 2.22. The summed E-state index contributed by atoms with van der Waals surface area (Å²) in [7, 11) is 0. The second-order valence-corrected chi connectivity index (χ2v) is 4.12. The molecule has 0 bridgehead atoms. The Kier molecular flexibility index (Phi) is 4.16. The van der Waals surface area contributed by atoms with Crippen LogP contribution in [0, 0.1) is 0 Å². The van der Waals surface area contributed by atoms with E-state index in [1.165, 1.54) is 4.90 Å². The summed E-state index contributed by atoms with van der Waals surface area (Å²) in [6.45, 7) is 4.20. The zero-order valence-corrected chi connectivity index (χ0v) is 11.0. The zero-order valence-electron chi connectivity index (χ0n) is 11.0. The molecule has 0 saturated carbocycles. The number of β-lactam (4-membered cyclic amide) rings is 1. The molecule has 2 rings (SSSR count). The standard InChI is InChI=1S/C14H17NO4/c1-3-18-12-11(14(17)19-4-2)15(13(12)16)10-8-6-5-7-9-10/h5-9,11-12H,3-4H2,1-2H3. The van der Waals surface area contributed by atoms with Crippen molar-refractivity contribution >= 4 is 17.6 Å². The predicted molar refractivity (Wildman–Crippen MR) is 69.8 cm³/mol. The van der Waals surface area contributed by atoms with Crippen molar-refractivity contribution in [3.8, 4) is 0 Å². The molecule has 1 aliphatic heterocycles. The van der Waals surface area contributed by atoms with Gasteiger partial charge in [0.25, 0.3) is 5.91 Å². The van der Waals surface area contributed by atoms with E-state index < -0.39 is 18.1 Å². The fraction of sp³-hybridized carbons (Fsp3) is 0.429. The van der Waals surface area contributed by atoms with E-state index in [0.717, 1.165) is 0 Å². The fourth-order valence-electron chi connectivity index (χ4n) is 2.14. The van der Waals surface area contributed by atoms with E-state index in [4.69, 9.17) is 9.47 Å². The van der Waals surface area contributed by atoms with Gasteiger partial charge in [0, 0.05) is 12.3 Å². The van der Waals surface area contributed by atoms with Gasteiger partial charge in [0.05, 0.1) is 6.61 Å². The van der Waals surface area contributed by atoms with Crippen molar-refractivity contribution in [2.45, 2.75) is 26.0 Å². The molecule has 1 amide bonds. The van der Waals surface area contributed by atoms with E-state index in [1.54, 1.807) is 26.0 Å². The van der Waals surface area contributed by atoms with Gasteiger partial charge in [-0.3, -0.25) is 9.69 Å². The van der Waals surface area contributed by atoms with Crippen LogP contribution in [0.15, 0.2) is 30.3 Å². The summed E-state index contributed by atoms with van der Waals surface area (Å²) < 4.78 is 10.3. The molecule has 0 N–H and O–H groups in total. The molecule has 0 aromatic heterocycles. The molecule has 1 fully saturated rings. The first-order valence-electron chi connectivity index (χ1n) is 6.37. The minimum absolute atomic E-state index is 0.203. The fourth-order valence-corrected chi connectivity index (χ4v) is 2.14. The molecule has 2 atom stereocenters. The van der Waals surface area contributed by atoms with Crippen molar-refractivity contribution in [3.63, 3.8) is 0 Å². The maximum Gasteiger partial charge on any atom is 0.332 e. The minimum atomic E-state index is -0.732. The lowest BCUT2D eigenvalue weighted by Gasteiger charge is -2.44. The lowest BCUT2D eigenvalue weighted by molar-refractivity contribution is -0.161. The molecule has 1 aliphatic rings. The third-order valence-corrected chi connectivity index (χ3v) is 2.95. The van der Waals surface area contributed by atoms with Crippen LogP contribution in [0.1, 0.15) is 13.8 Å². The number of hydrogen-bond donors (Lipinski definition) is 0. The number of para-hydroxylation sites is 1. The number of anilines is 1. The van der Waals surface area contributed by atoms with E-state index in [9.17, 15) is 9.59 Å². The molecule has 0 radical (unpaired) electrons. The molecular weight excluding hydrogens is 246 g/mol. The maximum atomic E-state index is 12.1. The number of rotatable bonds is 5. The van der Waals surface area contributed by atoms with Crippen molar-refractivity contribution in [2.24, 2.45) is 0 Å². The molecule has 1 aromatic carbocycles. The van der Waals surface area contributed by atoms with Crippen LogP contribution < -0.4 is 4.90 Å². The number of carbonyl (C=O) groups excluding carboxylic acids is 2. The summed E-state index contributed by atoms with van der Waals surface area (Å²) in [5.74, 6) is -0.629. The van der Waals surface area contributed by atoms with Gasteiger partial charge in [-0.15, -0.1) is 0 Å². The smallest absolute Gasteiger partial charge is 0.332 e. The summed E-state index contributed by atoms with van der Waals surface area (Å²) in [6, 6.07) is 8.37. The number of amides is 1. The predicted octanol–water partition coefficient (Wildman–Crippen LogP) is 1.37. The Morgan fingerprint density at radius 2 is 1.89 bits per heavy atom. The number of benzene rings is 1. The molecule has 19 heavy (non-hydrogen) atoms. The molecular formula is C14H17NO4. The van der Waals surface area contributed by atoms with Gasteiger partial charge in [0.15, 0.2) is 12.1 Å². The summed E-state index contributed by atoms with van der Waals surface area (Å²) in [5.41, 5.74) is 0.682. The lowest BCUT2D eigenvalue weighted by Crippen LogP contribution is -2.69. The van der Waals surface area contributed by atoms with Crippen molar-refractivity contribution in [1.29, 1.82) is 0 Å². The highest BCUT2D eigenvalue weighted by Gasteiger charge is 2.54. The Bertz CT molecular complexity index is 460. The van der Waals surface area contributed by atoms with Crippen LogP contribution in [0.25, 0.3) is 0 Å². The average molecular weight is 263 g/mol. The molecule has 1 saturated heterocycles. The van der Waals surface area contributed by atoms with Gasteiger partial charge >= 0.3 is 5.97 Å². The SMILES string of the molecule is CCOC(=O)C1C(OCC)C(=O)N1c1ccccc1. The topological polar surface area (TPSA) is 55.8 Å². The number of hydrogen-bond acceptors (Lipinski definition) is 4. The summed E-state index contributed by atoms with van der Waals surface area (Å²) >= 11 is 0. The Morgan fingerprint density at radius 1 is 1.21 bits per heavy atom. The van der Waals surface area contributed by atoms with Crippen molar-refractivity contribution in [3.05, 3.63) is 30.3 Å². The monoisotopic (exact) mass is 263 g/mol. The highest BCUT2D eigenvalue weighted by Crippen LogP contribution is 2.30. The van der Waals surface area contributed by atoms with Crippen LogP contribution in [-0.4, -0.2) is 37.2 Å². The number of nitrogens with zero attached hydrogens (tertiary/aromatic N) is 1. The first-order valence-corrected chi connectivity index (χ1v) is 6.37. The third kappa shape index (κ3) is 2.46. The van der Waals surface area contributed by atoms with Crippen LogP contribution in [0.2, 0.25) is 0 Å². The second kappa shape index (κ2) is 5.84. The minimum Gasteiger partial charge on any atom is -0.464 e. The van der Waals surface area contributed by atoms with E-state index in [0.29, 0.717) is 12.3 Å². The lowest BCUT2D eigenvalue weighted by atomic mass is 9.96. The van der Waals surface area contributed by atoms with Gasteiger partial charge in [-0.1, -0.05) is 18.2 Å². The van der Waals surface area contributed by atoms with Gasteiger partial charge in [-0.05, 0) is 26.0 Å². The maximum absolute atomic E-state index is 12.1. The normalized spacial score (nSPS) is 22.0. The van der Waals surface area contributed by atoms with Gasteiger partial charge in [0.2, 0.25) is 0 Å². The summed E-state index contributed by atoms with van der Waals surface area (Å²) in [6.07, 6.45) is -0.732. The quantitative estimate of drug-likeness (QED) is 0.594. The van der Waals surface area contributed by atoms with Gasteiger partial charge in [-0.25, -0.2) is 4.79 Å². The Morgan fingerprint density at radius 3 is 2.47 bits per heavy atom. The molecule has 102 valence electrons. The zero-order chi connectivity index (χ0) is 13.8. The van der Waals surface area contributed by atoms with Crippen LogP contribution in [-0.2, 0) is 19.1 Å². The molecule has 5 heteroatoms.